The van der Waals surface area contributed by atoms with Crippen LogP contribution >= 0.6 is 11.6 Å². The number of carbonyl (C=O) groups excluding carboxylic acids is 3. The molecule has 286 valence electrons. The summed E-state index contributed by atoms with van der Waals surface area (Å²) in [6, 6.07) is 11.2. The fourth-order valence-corrected chi connectivity index (χ4v) is 5.16. The van der Waals surface area contributed by atoms with Crippen LogP contribution in [0.15, 0.2) is 91.1 Å². The molecule has 20 heteroatoms. The smallest absolute Gasteiger partial charge is 0.418 e. The zero-order valence-corrected chi connectivity index (χ0v) is 28.5. The van der Waals surface area contributed by atoms with Crippen LogP contribution in [0.5, 0.6) is 17.2 Å². The molecule has 0 saturated heterocycles. The second kappa shape index (κ2) is 15.7. The highest BCUT2D eigenvalue weighted by molar-refractivity contribution is 6.31. The average molecular weight is 792 g/mol. The molecular weight excluding hydrogens is 767 g/mol. The van der Waals surface area contributed by atoms with Crippen LogP contribution in [0.4, 0.5) is 74.4 Å². The number of nitrogens with two attached hydrogens (primary N) is 1. The van der Waals surface area contributed by atoms with Crippen molar-refractivity contribution in [1.82, 2.24) is 10.3 Å². The molecule has 0 aliphatic heterocycles. The summed E-state index contributed by atoms with van der Waals surface area (Å²) in [6.45, 7) is 0. The van der Waals surface area contributed by atoms with Crippen molar-refractivity contribution in [2.24, 2.45) is 0 Å². The van der Waals surface area contributed by atoms with E-state index in [-0.39, 0.29) is 28.6 Å². The molecule has 0 fully saturated rings. The molecule has 55 heavy (non-hydrogen) atoms. The molecule has 5 rings (SSSR count). The average Bonchev–Trinajstić information content (AvgIpc) is 3.10. The number of urea groups is 2. The van der Waals surface area contributed by atoms with Crippen LogP contribution in [-0.4, -0.2) is 35.1 Å². The van der Waals surface area contributed by atoms with Crippen molar-refractivity contribution >= 4 is 63.7 Å². The van der Waals surface area contributed by atoms with Crippen molar-refractivity contribution in [3.63, 3.8) is 0 Å². The summed E-state index contributed by atoms with van der Waals surface area (Å²) in [7, 11) is 1.38. The molecule has 0 radical (unpaired) electrons. The summed E-state index contributed by atoms with van der Waals surface area (Å²) in [5.74, 6) is -2.31. The predicted molar refractivity (Wildman–Crippen MR) is 188 cm³/mol. The first-order valence-corrected chi connectivity index (χ1v) is 15.7. The third-order valence-corrected chi connectivity index (χ3v) is 7.73. The number of nitrogens with one attached hydrogen (secondary N) is 4. The van der Waals surface area contributed by atoms with Gasteiger partial charge in [0.15, 0.2) is 5.82 Å². The van der Waals surface area contributed by atoms with Gasteiger partial charge in [0.1, 0.15) is 22.9 Å². The standard InChI is InChI=1S/C35H25ClF7N7O5/c1-45-31(52)28-16-21(10-11-46-28)55-20-5-9-29(25(37)15-20)50(33(54)48-17-3-7-24(36)23(12-17)35(41,42)43)30-14-19(51)4-8-27(30)49-32(53)47-18-2-6-22(26(44)13-18)34(38,39)40/h2-16,51H,44H2,1H3,(H,45,52)(H,48,54)(H2,47,49,53). The molecule has 0 spiro atoms. The van der Waals surface area contributed by atoms with Crippen molar-refractivity contribution in [1.29, 1.82) is 0 Å². The summed E-state index contributed by atoms with van der Waals surface area (Å²) >= 11 is 5.72. The van der Waals surface area contributed by atoms with Gasteiger partial charge < -0.3 is 36.8 Å². The van der Waals surface area contributed by atoms with Crippen LogP contribution in [-0.2, 0) is 12.4 Å². The van der Waals surface area contributed by atoms with Crippen LogP contribution in [0.3, 0.4) is 0 Å². The molecule has 0 aliphatic carbocycles. The molecular formula is C35H25ClF7N7O5. The van der Waals surface area contributed by atoms with E-state index >= 15 is 4.39 Å². The predicted octanol–water partition coefficient (Wildman–Crippen LogP) is 9.37. The van der Waals surface area contributed by atoms with Gasteiger partial charge in [-0.1, -0.05) is 11.6 Å². The van der Waals surface area contributed by atoms with E-state index in [1.54, 1.807) is 0 Å². The number of anilines is 6. The SMILES string of the molecule is CNC(=O)c1cc(Oc2ccc(N(C(=O)Nc3ccc(Cl)c(C(F)(F)F)c3)c3cc(O)ccc3NC(=O)Nc3ccc(C(F)(F)F)c(N)c3)c(F)c2)ccn1. The second-order valence-electron chi connectivity index (χ2n) is 11.2. The summed E-state index contributed by atoms with van der Waals surface area (Å²) < 4.78 is 102. The van der Waals surface area contributed by atoms with Gasteiger partial charge in [-0.2, -0.15) is 26.3 Å². The second-order valence-corrected chi connectivity index (χ2v) is 11.6. The molecule has 0 atom stereocenters. The van der Waals surface area contributed by atoms with E-state index < -0.39 is 80.8 Å². The van der Waals surface area contributed by atoms with Crippen molar-refractivity contribution in [3.8, 4) is 17.2 Å². The number of phenolic OH excluding ortho intramolecular Hbond substituents is 1. The Hall–Kier alpha value is -6.76. The molecule has 12 nitrogen and oxygen atoms in total. The number of hydrogen-bond donors (Lipinski definition) is 6. The van der Waals surface area contributed by atoms with Crippen LogP contribution in [0.2, 0.25) is 5.02 Å². The molecule has 0 bridgehead atoms. The monoisotopic (exact) mass is 791 g/mol. The lowest BCUT2D eigenvalue weighted by atomic mass is 10.1. The number of alkyl halides is 6. The van der Waals surface area contributed by atoms with E-state index in [1.165, 1.54) is 31.4 Å². The number of hydrogen-bond acceptors (Lipinski definition) is 7. The van der Waals surface area contributed by atoms with Crippen molar-refractivity contribution in [3.05, 3.63) is 119 Å². The zero-order valence-electron chi connectivity index (χ0n) is 27.7. The number of nitrogens with zero attached hydrogens (tertiary/aromatic N) is 2. The minimum Gasteiger partial charge on any atom is -0.508 e. The van der Waals surface area contributed by atoms with Gasteiger partial charge in [-0.05, 0) is 66.7 Å². The fraction of sp³-hybridized carbons (Fsp3) is 0.0857. The summed E-state index contributed by atoms with van der Waals surface area (Å²) in [5, 5.41) is 19.0. The van der Waals surface area contributed by atoms with Crippen LogP contribution in [0, 0.1) is 5.82 Å². The maximum atomic E-state index is 16.1. The van der Waals surface area contributed by atoms with E-state index in [4.69, 9.17) is 22.1 Å². The topological polar surface area (TPSA) is 171 Å². The number of rotatable bonds is 8. The number of benzene rings is 4. The first kappa shape index (κ1) is 39.4. The van der Waals surface area contributed by atoms with Gasteiger partial charge in [-0.15, -0.1) is 0 Å². The van der Waals surface area contributed by atoms with E-state index in [0.29, 0.717) is 17.0 Å². The maximum absolute atomic E-state index is 16.1. The highest BCUT2D eigenvalue weighted by Gasteiger charge is 2.35. The van der Waals surface area contributed by atoms with Crippen molar-refractivity contribution in [2.75, 3.05) is 33.6 Å². The van der Waals surface area contributed by atoms with Crippen LogP contribution < -0.4 is 36.6 Å². The fourth-order valence-electron chi connectivity index (χ4n) is 4.94. The lowest BCUT2D eigenvalue weighted by Gasteiger charge is -2.27. The molecule has 0 saturated carbocycles. The molecule has 7 N–H and O–H groups in total. The van der Waals surface area contributed by atoms with E-state index in [2.05, 4.69) is 26.3 Å². The lowest BCUT2D eigenvalue weighted by molar-refractivity contribution is -0.138. The van der Waals surface area contributed by atoms with Gasteiger partial charge in [-0.3, -0.25) is 14.7 Å². The van der Waals surface area contributed by atoms with Gasteiger partial charge in [-0.25, -0.2) is 14.0 Å². The van der Waals surface area contributed by atoms with Gasteiger partial charge in [0.05, 0.1) is 33.2 Å². The van der Waals surface area contributed by atoms with Crippen LogP contribution in [0.25, 0.3) is 0 Å². The highest BCUT2D eigenvalue weighted by atomic mass is 35.5. The van der Waals surface area contributed by atoms with Gasteiger partial charge in [0, 0.05) is 48.5 Å². The number of carbonyl (C=O) groups is 3. The minimum atomic E-state index is -4.93. The lowest BCUT2D eigenvalue weighted by Crippen LogP contribution is -2.33. The van der Waals surface area contributed by atoms with Crippen LogP contribution in [0.1, 0.15) is 21.6 Å². The van der Waals surface area contributed by atoms with Crippen molar-refractivity contribution < 1.29 is 55.0 Å². The molecule has 5 aromatic rings. The Kier molecular flexibility index (Phi) is 11.3. The summed E-state index contributed by atoms with van der Waals surface area (Å²) in [4.78, 5) is 43.5. The maximum Gasteiger partial charge on any atom is 0.418 e. The molecule has 1 aromatic heterocycles. The quantitative estimate of drug-likeness (QED) is 0.0517. The van der Waals surface area contributed by atoms with E-state index in [1.807, 2.05) is 0 Å². The number of phenols is 1. The Morgan fingerprint density at radius 1 is 0.782 bits per heavy atom. The minimum absolute atomic E-state index is 0.0226. The third-order valence-electron chi connectivity index (χ3n) is 7.40. The number of halogens is 8. The van der Waals surface area contributed by atoms with Crippen molar-refractivity contribution in [2.45, 2.75) is 12.4 Å². The van der Waals surface area contributed by atoms with E-state index in [0.717, 1.165) is 54.6 Å². The molecule has 5 amide bonds. The Labute approximate surface area is 310 Å². The number of amides is 5. The molecule has 1 heterocycles. The summed E-state index contributed by atoms with van der Waals surface area (Å²) in [6.07, 6.45) is -8.44. The number of aromatic nitrogens is 1. The van der Waals surface area contributed by atoms with E-state index in [9.17, 15) is 45.8 Å². The molecule has 0 aliphatic rings. The number of ether oxygens (including phenoxy) is 1. The molecule has 0 unspecified atom stereocenters. The molecule has 4 aromatic carbocycles. The first-order chi connectivity index (χ1) is 25.8. The third kappa shape index (κ3) is 9.43. The Bertz CT molecular complexity index is 2290. The van der Waals surface area contributed by atoms with Gasteiger partial charge >= 0.3 is 24.4 Å². The highest BCUT2D eigenvalue weighted by Crippen LogP contribution is 2.40. The Morgan fingerprint density at radius 3 is 2.11 bits per heavy atom. The number of pyridine rings is 1. The normalized spacial score (nSPS) is 11.4. The summed E-state index contributed by atoms with van der Waals surface area (Å²) in [5.41, 5.74) is 0.367. The number of aromatic hydroxyl groups is 1. The van der Waals surface area contributed by atoms with Gasteiger partial charge in [0.25, 0.3) is 5.91 Å². The van der Waals surface area contributed by atoms with Gasteiger partial charge in [0.2, 0.25) is 0 Å². The Balaban J connectivity index is 1.53. The first-order valence-electron chi connectivity index (χ1n) is 15.3. The number of nitrogen functional groups attached to an aromatic ring is 1. The largest absolute Gasteiger partial charge is 0.508 e. The zero-order chi connectivity index (χ0) is 40.2. The Morgan fingerprint density at radius 2 is 1.45 bits per heavy atom.